The predicted molar refractivity (Wildman–Crippen MR) is 58.1 cm³/mol. The van der Waals surface area contributed by atoms with Crippen LogP contribution in [-0.2, 0) is 9.53 Å². The molecule has 0 saturated carbocycles. The molecule has 1 N–H and O–H groups in total. The molecule has 0 unspecified atom stereocenters. The van der Waals surface area contributed by atoms with Crippen LogP contribution < -0.4 is 4.74 Å². The number of carboxylic acids is 1. The van der Waals surface area contributed by atoms with E-state index >= 15 is 0 Å². The van der Waals surface area contributed by atoms with Crippen LogP contribution in [0.1, 0.15) is 12.5 Å². The van der Waals surface area contributed by atoms with Gasteiger partial charge in [-0.2, -0.15) is 0 Å². The normalized spacial score (nSPS) is 9.06. The fourth-order valence-electron chi connectivity index (χ4n) is 0.953. The van der Waals surface area contributed by atoms with Crippen molar-refractivity contribution in [1.29, 1.82) is 0 Å². The monoisotopic (exact) mass is 220 g/mol. The molecule has 4 heteroatoms. The Labute approximate surface area is 93.8 Å². The van der Waals surface area contributed by atoms with Gasteiger partial charge in [-0.3, -0.25) is 0 Å². The first-order valence-corrected chi connectivity index (χ1v) is 4.78. The molecular weight excluding hydrogens is 208 g/mol. The first-order valence-electron chi connectivity index (χ1n) is 4.78. The van der Waals surface area contributed by atoms with Crippen LogP contribution in [0.5, 0.6) is 5.75 Å². The Balaban J connectivity index is 2.55. The van der Waals surface area contributed by atoms with Gasteiger partial charge in [0.2, 0.25) is 0 Å². The van der Waals surface area contributed by atoms with Gasteiger partial charge in [-0.1, -0.05) is 5.92 Å². The average Bonchev–Trinajstić information content (AvgIpc) is 2.28. The van der Waals surface area contributed by atoms with Gasteiger partial charge in [0.05, 0.1) is 0 Å². The molecule has 0 heterocycles. The maximum absolute atomic E-state index is 10.2. The lowest BCUT2D eigenvalue weighted by Gasteiger charge is -2.04. The molecule has 1 rings (SSSR count). The summed E-state index contributed by atoms with van der Waals surface area (Å²) in [4.78, 5) is 10.2. The average molecular weight is 220 g/mol. The number of carbonyl (C=O) groups is 1. The lowest BCUT2D eigenvalue weighted by atomic mass is 10.2. The van der Waals surface area contributed by atoms with Crippen LogP contribution in [0, 0.1) is 11.8 Å². The van der Waals surface area contributed by atoms with E-state index in [0.29, 0.717) is 17.9 Å². The van der Waals surface area contributed by atoms with Gasteiger partial charge in [-0.25, -0.2) is 4.79 Å². The molecule has 0 radical (unpaired) electrons. The van der Waals surface area contributed by atoms with Crippen molar-refractivity contribution in [3.63, 3.8) is 0 Å². The van der Waals surface area contributed by atoms with E-state index in [2.05, 4.69) is 5.92 Å². The van der Waals surface area contributed by atoms with E-state index in [0.717, 1.165) is 0 Å². The van der Waals surface area contributed by atoms with Gasteiger partial charge in [-0.05, 0) is 31.2 Å². The molecule has 16 heavy (non-hydrogen) atoms. The van der Waals surface area contributed by atoms with Gasteiger partial charge in [0.15, 0.2) is 6.79 Å². The zero-order valence-corrected chi connectivity index (χ0v) is 8.90. The maximum atomic E-state index is 10.2. The first kappa shape index (κ1) is 12.1. The molecule has 0 fully saturated rings. The first-order chi connectivity index (χ1) is 7.72. The minimum atomic E-state index is -1.14. The second kappa shape index (κ2) is 6.49. The molecule has 4 nitrogen and oxygen atoms in total. The van der Waals surface area contributed by atoms with Gasteiger partial charge >= 0.3 is 5.97 Å². The van der Waals surface area contributed by atoms with E-state index in [1.54, 1.807) is 24.3 Å². The second-order valence-corrected chi connectivity index (χ2v) is 2.83. The van der Waals surface area contributed by atoms with Crippen LogP contribution in [0.2, 0.25) is 0 Å². The van der Waals surface area contributed by atoms with Gasteiger partial charge in [0.25, 0.3) is 0 Å². The second-order valence-electron chi connectivity index (χ2n) is 2.83. The molecule has 0 saturated heterocycles. The zero-order chi connectivity index (χ0) is 11.8. The zero-order valence-electron chi connectivity index (χ0n) is 8.90. The Morgan fingerprint density at radius 1 is 1.38 bits per heavy atom. The largest absolute Gasteiger partial charge is 0.472 e. The summed E-state index contributed by atoms with van der Waals surface area (Å²) < 4.78 is 10.3. The molecule has 0 atom stereocenters. The molecule has 1 aromatic carbocycles. The van der Waals surface area contributed by atoms with Crippen molar-refractivity contribution in [2.24, 2.45) is 0 Å². The van der Waals surface area contributed by atoms with Gasteiger partial charge in [0, 0.05) is 18.1 Å². The van der Waals surface area contributed by atoms with Gasteiger partial charge < -0.3 is 14.6 Å². The van der Waals surface area contributed by atoms with E-state index < -0.39 is 5.97 Å². The molecule has 1 aromatic rings. The quantitative estimate of drug-likeness (QED) is 0.474. The maximum Gasteiger partial charge on any atom is 0.382 e. The van der Waals surface area contributed by atoms with Gasteiger partial charge in [-0.15, -0.1) is 0 Å². The molecule has 0 aliphatic rings. The molecule has 0 bridgehead atoms. The van der Waals surface area contributed by atoms with E-state index in [1.165, 1.54) is 0 Å². The van der Waals surface area contributed by atoms with E-state index in [9.17, 15) is 4.79 Å². The Morgan fingerprint density at radius 2 is 2.06 bits per heavy atom. The van der Waals surface area contributed by atoms with Crippen molar-refractivity contribution in [3.05, 3.63) is 29.8 Å². The highest BCUT2D eigenvalue weighted by molar-refractivity contribution is 5.87. The number of hydrogen-bond donors (Lipinski definition) is 1. The number of carboxylic acid groups (broad SMARTS) is 1. The van der Waals surface area contributed by atoms with Crippen molar-refractivity contribution in [2.45, 2.75) is 6.92 Å². The highest BCUT2D eigenvalue weighted by Gasteiger charge is 1.93. The third-order valence-electron chi connectivity index (χ3n) is 1.68. The summed E-state index contributed by atoms with van der Waals surface area (Å²) in [6.45, 7) is 2.69. The topological polar surface area (TPSA) is 55.8 Å². The molecule has 0 aliphatic heterocycles. The third kappa shape index (κ3) is 4.49. The summed E-state index contributed by atoms with van der Waals surface area (Å²) in [5.41, 5.74) is 0.631. The summed E-state index contributed by atoms with van der Waals surface area (Å²) in [5.74, 6) is 4.06. The lowest BCUT2D eigenvalue weighted by molar-refractivity contribution is -0.130. The molecule has 0 aromatic heterocycles. The fourth-order valence-corrected chi connectivity index (χ4v) is 0.953. The number of aliphatic carboxylic acids is 1. The van der Waals surface area contributed by atoms with Crippen molar-refractivity contribution in [3.8, 4) is 17.6 Å². The lowest BCUT2D eigenvalue weighted by Crippen LogP contribution is -2.01. The van der Waals surface area contributed by atoms with Crippen molar-refractivity contribution < 1.29 is 19.4 Å². The SMILES string of the molecule is CCOCOc1ccc(C#CC(=O)O)cc1. The highest BCUT2D eigenvalue weighted by atomic mass is 16.7. The van der Waals surface area contributed by atoms with Crippen LogP contribution in [0.3, 0.4) is 0 Å². The van der Waals surface area contributed by atoms with Crippen molar-refractivity contribution in [1.82, 2.24) is 0 Å². The number of rotatable bonds is 4. The summed E-state index contributed by atoms with van der Waals surface area (Å²) in [6.07, 6.45) is 0. The Bertz CT molecular complexity index is 397. The number of benzene rings is 1. The third-order valence-corrected chi connectivity index (χ3v) is 1.68. The molecular formula is C12H12O4. The van der Waals surface area contributed by atoms with Crippen LogP contribution >= 0.6 is 0 Å². The Kier molecular flexibility index (Phi) is 4.90. The highest BCUT2D eigenvalue weighted by Crippen LogP contribution is 2.11. The summed E-state index contributed by atoms with van der Waals surface area (Å²) in [7, 11) is 0. The summed E-state index contributed by atoms with van der Waals surface area (Å²) in [6, 6.07) is 6.81. The minimum absolute atomic E-state index is 0.205. The van der Waals surface area contributed by atoms with Crippen LogP contribution in [0.4, 0.5) is 0 Å². The summed E-state index contributed by atoms with van der Waals surface area (Å²) >= 11 is 0. The van der Waals surface area contributed by atoms with Crippen LogP contribution in [0.25, 0.3) is 0 Å². The minimum Gasteiger partial charge on any atom is -0.472 e. The van der Waals surface area contributed by atoms with E-state index in [1.807, 2.05) is 12.8 Å². The molecule has 84 valence electrons. The Hall–Kier alpha value is -1.99. The summed E-state index contributed by atoms with van der Waals surface area (Å²) in [5, 5.41) is 8.36. The standard InChI is InChI=1S/C12H12O4/c1-2-15-9-16-11-6-3-10(4-7-11)5-8-12(13)14/h3-4,6-7H,2,9H2,1H3,(H,13,14). The molecule has 0 aliphatic carbocycles. The van der Waals surface area contributed by atoms with Crippen LogP contribution in [-0.4, -0.2) is 24.5 Å². The Morgan fingerprint density at radius 3 is 2.62 bits per heavy atom. The van der Waals surface area contributed by atoms with E-state index in [4.69, 9.17) is 14.6 Å². The predicted octanol–water partition coefficient (Wildman–Crippen LogP) is 1.50. The molecule has 0 spiro atoms. The number of ether oxygens (including phenoxy) is 2. The van der Waals surface area contributed by atoms with Gasteiger partial charge in [0.1, 0.15) is 5.75 Å². The van der Waals surface area contributed by atoms with Crippen LogP contribution in [0.15, 0.2) is 24.3 Å². The van der Waals surface area contributed by atoms with Crippen molar-refractivity contribution in [2.75, 3.05) is 13.4 Å². The number of hydrogen-bond acceptors (Lipinski definition) is 3. The van der Waals surface area contributed by atoms with Crippen molar-refractivity contribution >= 4 is 5.97 Å². The fraction of sp³-hybridized carbons (Fsp3) is 0.250. The van der Waals surface area contributed by atoms with E-state index in [-0.39, 0.29) is 6.79 Å². The molecule has 0 amide bonds. The smallest absolute Gasteiger partial charge is 0.382 e.